The van der Waals surface area contributed by atoms with Crippen LogP contribution in [0.2, 0.25) is 0 Å². The number of alkyl carbamates (subject to hydrolysis) is 1. The summed E-state index contributed by atoms with van der Waals surface area (Å²) in [6.07, 6.45) is -1.38. The van der Waals surface area contributed by atoms with Crippen molar-refractivity contribution in [2.45, 2.75) is 44.1 Å². The van der Waals surface area contributed by atoms with Crippen molar-refractivity contribution in [3.63, 3.8) is 0 Å². The number of amides is 2. The molecular weight excluding hydrogens is 524 g/mol. The van der Waals surface area contributed by atoms with Crippen LogP contribution in [0.3, 0.4) is 0 Å². The summed E-state index contributed by atoms with van der Waals surface area (Å²) in [6, 6.07) is 24.1. The number of Topliss-reactive ketones (excluding diaryl/α,β-unsaturated/α-hetero) is 2. The number of carboxylic acids is 1. The van der Waals surface area contributed by atoms with Crippen LogP contribution in [-0.4, -0.2) is 53.8 Å². The fraction of sp³-hybridized carbons (Fsp3) is 0.281. The zero-order chi connectivity index (χ0) is 29.2. The largest absolute Gasteiger partial charge is 0.481 e. The molecule has 1 aliphatic rings. The van der Waals surface area contributed by atoms with Gasteiger partial charge in [0.15, 0.2) is 11.6 Å². The normalized spacial score (nSPS) is 12.5. The number of nitrogens with one attached hydrogen (secondary N) is 2. The quantitative estimate of drug-likeness (QED) is 0.272. The molecule has 3 aromatic rings. The van der Waals surface area contributed by atoms with Crippen LogP contribution in [-0.2, 0) is 30.3 Å². The Balaban J connectivity index is 1.22. The predicted molar refractivity (Wildman–Crippen MR) is 151 cm³/mol. The van der Waals surface area contributed by atoms with Gasteiger partial charge in [0, 0.05) is 25.2 Å². The van der Waals surface area contributed by atoms with Gasteiger partial charge in [0.05, 0.1) is 19.0 Å². The summed E-state index contributed by atoms with van der Waals surface area (Å²) in [5.74, 6) is -2.48. The third kappa shape index (κ3) is 8.11. The molecule has 3 aromatic carbocycles. The maximum atomic E-state index is 12.6. The van der Waals surface area contributed by atoms with Gasteiger partial charge in [-0.25, -0.2) is 4.79 Å². The highest BCUT2D eigenvalue weighted by Gasteiger charge is 2.29. The molecule has 2 amide bonds. The number of aliphatic carboxylic acids is 1. The number of carboxylic acid groups (broad SMARTS) is 1. The molecule has 0 aliphatic heterocycles. The smallest absolute Gasteiger partial charge is 0.407 e. The molecule has 212 valence electrons. The van der Waals surface area contributed by atoms with Crippen LogP contribution in [0.4, 0.5) is 4.79 Å². The first-order valence-corrected chi connectivity index (χ1v) is 13.5. The van der Waals surface area contributed by atoms with Crippen molar-refractivity contribution in [1.29, 1.82) is 0 Å². The Hall–Kier alpha value is -4.79. The van der Waals surface area contributed by atoms with Crippen LogP contribution >= 0.6 is 0 Å². The summed E-state index contributed by atoms with van der Waals surface area (Å²) in [7, 11) is 0. The molecule has 0 unspecified atom stereocenters. The number of ether oxygens (including phenoxy) is 1. The molecule has 41 heavy (non-hydrogen) atoms. The fourth-order valence-electron chi connectivity index (χ4n) is 4.93. The van der Waals surface area contributed by atoms with E-state index >= 15 is 0 Å². The third-order valence-corrected chi connectivity index (χ3v) is 7.00. The third-order valence-electron chi connectivity index (χ3n) is 7.00. The van der Waals surface area contributed by atoms with E-state index in [2.05, 4.69) is 10.6 Å². The summed E-state index contributed by atoms with van der Waals surface area (Å²) in [4.78, 5) is 60.7. The Morgan fingerprint density at radius 2 is 1.37 bits per heavy atom. The maximum absolute atomic E-state index is 12.6. The van der Waals surface area contributed by atoms with Crippen molar-refractivity contribution < 1.29 is 33.8 Å². The van der Waals surface area contributed by atoms with Crippen molar-refractivity contribution in [2.75, 3.05) is 13.2 Å². The van der Waals surface area contributed by atoms with Gasteiger partial charge in [0.2, 0.25) is 5.91 Å². The van der Waals surface area contributed by atoms with Gasteiger partial charge in [-0.2, -0.15) is 0 Å². The first kappa shape index (κ1) is 29.2. The Labute approximate surface area is 237 Å². The number of carbonyl (C=O) groups excluding carboxylic acids is 4. The molecule has 0 saturated heterocycles. The Morgan fingerprint density at radius 3 is 2.00 bits per heavy atom. The molecule has 1 aliphatic carbocycles. The average Bonchev–Trinajstić information content (AvgIpc) is 3.30. The van der Waals surface area contributed by atoms with Crippen molar-refractivity contribution >= 4 is 29.5 Å². The van der Waals surface area contributed by atoms with Gasteiger partial charge in [-0.05, 0) is 34.2 Å². The van der Waals surface area contributed by atoms with Gasteiger partial charge in [0.1, 0.15) is 6.61 Å². The molecule has 0 saturated carbocycles. The second-order valence-corrected chi connectivity index (χ2v) is 9.89. The van der Waals surface area contributed by atoms with Crippen LogP contribution in [0, 0.1) is 0 Å². The van der Waals surface area contributed by atoms with E-state index in [0.717, 1.165) is 27.8 Å². The van der Waals surface area contributed by atoms with E-state index in [0.29, 0.717) is 0 Å². The second-order valence-electron chi connectivity index (χ2n) is 9.89. The standard InChI is InChI=1S/C32H32N2O7/c35-22(14-16-30(37)34-28(29(36)15-17-31(38)39)18-21-8-2-1-3-9-21)19-33-32(40)41-20-27-25-12-6-4-10-23(25)24-11-5-7-13-26(24)27/h1-13,27-28H,14-20H2,(H,33,40)(H,34,37)(H,38,39)/t28-/m0/s1. The van der Waals surface area contributed by atoms with Crippen LogP contribution in [0.15, 0.2) is 78.9 Å². The minimum absolute atomic E-state index is 0.102. The van der Waals surface area contributed by atoms with E-state index in [1.807, 2.05) is 66.7 Å². The summed E-state index contributed by atoms with van der Waals surface area (Å²) < 4.78 is 5.43. The van der Waals surface area contributed by atoms with Crippen molar-refractivity contribution in [1.82, 2.24) is 10.6 Å². The molecule has 0 aromatic heterocycles. The lowest BCUT2D eigenvalue weighted by molar-refractivity contribution is -0.139. The first-order valence-electron chi connectivity index (χ1n) is 13.5. The number of hydrogen-bond donors (Lipinski definition) is 3. The molecular formula is C32H32N2O7. The molecule has 4 rings (SSSR count). The highest BCUT2D eigenvalue weighted by Crippen LogP contribution is 2.44. The van der Waals surface area contributed by atoms with E-state index in [9.17, 15) is 24.0 Å². The molecule has 0 fully saturated rings. The second kappa shape index (κ2) is 14.0. The van der Waals surface area contributed by atoms with E-state index in [1.54, 1.807) is 12.1 Å². The number of rotatable bonds is 14. The summed E-state index contributed by atoms with van der Waals surface area (Å²) >= 11 is 0. The molecule has 9 nitrogen and oxygen atoms in total. The van der Waals surface area contributed by atoms with Crippen LogP contribution in [0.5, 0.6) is 0 Å². The van der Waals surface area contributed by atoms with Crippen LogP contribution in [0.25, 0.3) is 11.1 Å². The van der Waals surface area contributed by atoms with Gasteiger partial charge in [-0.15, -0.1) is 0 Å². The monoisotopic (exact) mass is 556 g/mol. The Bertz CT molecular complexity index is 1370. The highest BCUT2D eigenvalue weighted by molar-refractivity contribution is 5.92. The predicted octanol–water partition coefficient (Wildman–Crippen LogP) is 4.04. The minimum Gasteiger partial charge on any atom is -0.481 e. The SMILES string of the molecule is O=C(O)CCC(=O)[C@H](Cc1ccccc1)NC(=O)CCC(=O)CNC(=O)OCC1c2ccccc2-c2ccccc21. The minimum atomic E-state index is -1.10. The van der Waals surface area contributed by atoms with Gasteiger partial charge >= 0.3 is 12.1 Å². The van der Waals surface area contributed by atoms with Gasteiger partial charge in [-0.3, -0.25) is 19.2 Å². The molecule has 0 radical (unpaired) electrons. The number of benzene rings is 3. The Kier molecular flexibility index (Phi) is 9.99. The molecule has 0 spiro atoms. The summed E-state index contributed by atoms with van der Waals surface area (Å²) in [5, 5.41) is 14.0. The van der Waals surface area contributed by atoms with Crippen molar-refractivity contribution in [3.8, 4) is 11.1 Å². The Morgan fingerprint density at radius 1 is 0.756 bits per heavy atom. The lowest BCUT2D eigenvalue weighted by Gasteiger charge is -2.18. The van der Waals surface area contributed by atoms with E-state index in [4.69, 9.17) is 9.84 Å². The number of ketones is 2. The summed E-state index contributed by atoms with van der Waals surface area (Å²) in [6.45, 7) is -0.176. The lowest BCUT2D eigenvalue weighted by Crippen LogP contribution is -2.42. The topological polar surface area (TPSA) is 139 Å². The number of fused-ring (bicyclic) bond motifs is 3. The van der Waals surface area contributed by atoms with E-state index in [1.165, 1.54) is 0 Å². The van der Waals surface area contributed by atoms with E-state index in [-0.39, 0.29) is 57.0 Å². The number of carbonyl (C=O) groups is 5. The average molecular weight is 557 g/mol. The van der Waals surface area contributed by atoms with Gasteiger partial charge in [0.25, 0.3) is 0 Å². The zero-order valence-electron chi connectivity index (χ0n) is 22.5. The summed E-state index contributed by atoms with van der Waals surface area (Å²) in [5.41, 5.74) is 5.19. The highest BCUT2D eigenvalue weighted by atomic mass is 16.5. The number of hydrogen-bond acceptors (Lipinski definition) is 6. The van der Waals surface area contributed by atoms with Gasteiger partial charge in [-0.1, -0.05) is 78.9 Å². The van der Waals surface area contributed by atoms with Crippen LogP contribution < -0.4 is 10.6 Å². The molecule has 0 bridgehead atoms. The maximum Gasteiger partial charge on any atom is 0.407 e. The van der Waals surface area contributed by atoms with Crippen molar-refractivity contribution in [3.05, 3.63) is 95.6 Å². The lowest BCUT2D eigenvalue weighted by atomic mass is 9.98. The van der Waals surface area contributed by atoms with Gasteiger partial charge < -0.3 is 20.5 Å². The molecule has 3 N–H and O–H groups in total. The molecule has 9 heteroatoms. The van der Waals surface area contributed by atoms with Crippen LogP contribution in [0.1, 0.15) is 48.3 Å². The van der Waals surface area contributed by atoms with Crippen molar-refractivity contribution in [2.24, 2.45) is 0 Å². The van der Waals surface area contributed by atoms with E-state index < -0.39 is 29.8 Å². The first-order chi connectivity index (χ1) is 19.8. The molecule has 0 heterocycles. The molecule has 1 atom stereocenters. The fourth-order valence-corrected chi connectivity index (χ4v) is 4.93. The zero-order valence-corrected chi connectivity index (χ0v) is 22.5.